The van der Waals surface area contributed by atoms with Crippen molar-refractivity contribution in [1.82, 2.24) is 0 Å². The van der Waals surface area contributed by atoms with Gasteiger partial charge in [0.1, 0.15) is 0 Å². The summed E-state index contributed by atoms with van der Waals surface area (Å²) in [5.41, 5.74) is 0. The van der Waals surface area contributed by atoms with Crippen LogP contribution in [0.3, 0.4) is 0 Å². The molecule has 1 unspecified atom stereocenters. The largest absolute Gasteiger partial charge is 0.0654 e. The lowest BCUT2D eigenvalue weighted by Crippen LogP contribution is -2.22. The van der Waals surface area contributed by atoms with Gasteiger partial charge in [0.05, 0.1) is 0 Å². The van der Waals surface area contributed by atoms with Crippen LogP contribution in [0.2, 0.25) is 0 Å². The molecule has 0 aliphatic rings. The molecule has 0 aliphatic heterocycles. The van der Waals surface area contributed by atoms with E-state index >= 15 is 0 Å². The lowest BCUT2D eigenvalue weighted by molar-refractivity contribution is 0.400. The van der Waals surface area contributed by atoms with Crippen molar-refractivity contribution in [2.75, 3.05) is 0 Å². The first-order valence-electron chi connectivity index (χ1n) is 21.6. The number of hydrogen-bond acceptors (Lipinski definition) is 0. The molecule has 0 aromatic rings. The number of hydrogen-bond donors (Lipinski definition) is 0. The van der Waals surface area contributed by atoms with Crippen LogP contribution in [0.25, 0.3) is 0 Å². The number of halogens is 1. The van der Waals surface area contributed by atoms with Crippen LogP contribution in [0, 0.1) is 0 Å². The third-order valence-corrected chi connectivity index (χ3v) is 14.4. The maximum Gasteiger partial charge on any atom is -0.00237 e. The second kappa shape index (κ2) is 39.3. The Kier molecular flexibility index (Phi) is 40.1. The van der Waals surface area contributed by atoms with Crippen LogP contribution < -0.4 is 0 Å². The van der Waals surface area contributed by atoms with Crippen molar-refractivity contribution in [3.05, 3.63) is 0 Å². The van der Waals surface area contributed by atoms with Gasteiger partial charge in [-0.3, -0.25) is 0 Å². The van der Waals surface area contributed by atoms with Gasteiger partial charge < -0.3 is 0 Å². The fourth-order valence-electron chi connectivity index (χ4n) is 7.43. The molecule has 0 N–H and O–H groups in total. The molecule has 0 aromatic carbocycles. The van der Waals surface area contributed by atoms with E-state index in [2.05, 4.69) is 36.3 Å². The van der Waals surface area contributed by atoms with E-state index in [9.17, 15) is 0 Å². The van der Waals surface area contributed by atoms with Gasteiger partial charge in [0, 0.05) is 0 Å². The molecule has 0 bridgehead atoms. The molecule has 1 atom stereocenters. The Morgan fingerprint density at radius 1 is 0.267 bits per heavy atom. The van der Waals surface area contributed by atoms with Gasteiger partial charge in [-0.05, 0) is 31.7 Å². The van der Waals surface area contributed by atoms with Gasteiger partial charge in [0.2, 0.25) is 0 Å². The van der Waals surface area contributed by atoms with Gasteiger partial charge in [-0.1, -0.05) is 267 Å². The number of rotatable bonds is 40. The van der Waals surface area contributed by atoms with Crippen LogP contribution in [-0.2, 0) is 0 Å². The quantitative estimate of drug-likeness (QED) is 0.0438. The molecule has 0 fully saturated rings. The highest BCUT2D eigenvalue weighted by Crippen LogP contribution is 2.49. The second-order valence-corrected chi connectivity index (χ2v) is 17.7. The highest BCUT2D eigenvalue weighted by atomic mass is 79.9. The molecule has 0 aromatic heterocycles. The summed E-state index contributed by atoms with van der Waals surface area (Å²) in [7, 11) is 0.966. The average molecular weight is 716 g/mol. The molecule has 0 radical (unpaired) electrons. The minimum atomic E-state index is 0.607. The molecular formula is C43H88BrP. The van der Waals surface area contributed by atoms with E-state index in [1.807, 2.05) is 0 Å². The first-order valence-corrected chi connectivity index (χ1v) is 24.9. The molecule has 0 heterocycles. The van der Waals surface area contributed by atoms with E-state index in [1.165, 1.54) is 250 Å². The summed E-state index contributed by atoms with van der Waals surface area (Å²) in [5, 5.41) is 0.607. The second-order valence-electron chi connectivity index (χ2n) is 15.3. The maximum absolute atomic E-state index is 4.10. The normalized spacial score (nSPS) is 12.3. The van der Waals surface area contributed by atoms with Gasteiger partial charge in [-0.15, -0.1) is 0 Å². The Morgan fingerprint density at radius 3 is 0.578 bits per heavy atom. The van der Waals surface area contributed by atoms with Gasteiger partial charge in [-0.2, -0.15) is 0 Å². The van der Waals surface area contributed by atoms with E-state index in [0.717, 1.165) is 7.28 Å². The summed E-state index contributed by atoms with van der Waals surface area (Å²) in [6.45, 7) is 6.96. The van der Waals surface area contributed by atoms with Crippen molar-refractivity contribution in [2.45, 2.75) is 276 Å². The molecule has 45 heavy (non-hydrogen) atoms. The lowest BCUT2D eigenvalue weighted by atomic mass is 9.88. The van der Waals surface area contributed by atoms with E-state index in [4.69, 9.17) is 0 Å². The smallest absolute Gasteiger partial charge is 0.00237 e. The molecular weight excluding hydrogens is 627 g/mol. The third kappa shape index (κ3) is 34.6. The van der Waals surface area contributed by atoms with Crippen LogP contribution >= 0.6 is 22.8 Å². The van der Waals surface area contributed by atoms with Crippen LogP contribution in [0.15, 0.2) is 0 Å². The van der Waals surface area contributed by atoms with Gasteiger partial charge in [0.15, 0.2) is 0 Å². The fourth-order valence-corrected chi connectivity index (χ4v) is 10.0. The van der Waals surface area contributed by atoms with Gasteiger partial charge in [-0.25, -0.2) is 0 Å². The Hall–Kier alpha value is 0.910. The van der Waals surface area contributed by atoms with Crippen molar-refractivity contribution in [3.8, 4) is 0 Å². The molecule has 0 amide bonds. The molecule has 0 aliphatic carbocycles. The van der Waals surface area contributed by atoms with Gasteiger partial charge >= 0.3 is 0 Å². The lowest BCUT2D eigenvalue weighted by Gasteiger charge is -2.32. The standard InChI is InChI=1S/C43H88BrP/c1-4-7-10-13-16-19-22-25-28-31-34-37-40-43(45-44,41-38-35-32-29-26-23-20-17-14-11-8-5-2)42-39-36-33-30-27-24-21-18-15-12-9-6-3/h45H,4-42H2,1-3H3. The Morgan fingerprint density at radius 2 is 0.422 bits per heavy atom. The zero-order valence-electron chi connectivity index (χ0n) is 32.0. The van der Waals surface area contributed by atoms with Gasteiger partial charge in [0.25, 0.3) is 0 Å². The van der Waals surface area contributed by atoms with E-state index in [-0.39, 0.29) is 0 Å². The van der Waals surface area contributed by atoms with Crippen molar-refractivity contribution < 1.29 is 0 Å². The maximum atomic E-state index is 4.10. The van der Waals surface area contributed by atoms with Crippen LogP contribution in [0.4, 0.5) is 0 Å². The molecule has 0 rings (SSSR count). The molecule has 0 saturated heterocycles. The summed E-state index contributed by atoms with van der Waals surface area (Å²) in [6.07, 6.45) is 57.3. The summed E-state index contributed by atoms with van der Waals surface area (Å²) < 4.78 is 0. The fraction of sp³-hybridized carbons (Fsp3) is 1.00. The minimum absolute atomic E-state index is 0.607. The molecule has 272 valence electrons. The highest BCUT2D eigenvalue weighted by molar-refractivity contribution is 9.37. The third-order valence-electron chi connectivity index (χ3n) is 10.7. The Labute approximate surface area is 297 Å². The predicted octanol–water partition coefficient (Wildman–Crippen LogP) is 18.0. The van der Waals surface area contributed by atoms with Crippen molar-refractivity contribution in [1.29, 1.82) is 0 Å². The average Bonchev–Trinajstić information content (AvgIpc) is 3.05. The summed E-state index contributed by atoms with van der Waals surface area (Å²) in [6, 6.07) is 0. The first kappa shape index (κ1) is 45.9. The van der Waals surface area contributed by atoms with E-state index in [1.54, 1.807) is 0 Å². The van der Waals surface area contributed by atoms with Crippen LogP contribution in [-0.4, -0.2) is 5.16 Å². The van der Waals surface area contributed by atoms with Crippen molar-refractivity contribution in [3.63, 3.8) is 0 Å². The summed E-state index contributed by atoms with van der Waals surface area (Å²) in [4.78, 5) is 0. The zero-order chi connectivity index (χ0) is 32.8. The molecule has 2 heteroatoms. The summed E-state index contributed by atoms with van der Waals surface area (Å²) in [5.74, 6) is 0. The van der Waals surface area contributed by atoms with E-state index in [0.29, 0.717) is 5.16 Å². The minimum Gasteiger partial charge on any atom is -0.0654 e. The predicted molar refractivity (Wildman–Crippen MR) is 217 cm³/mol. The first-order chi connectivity index (χ1) is 22.2. The summed E-state index contributed by atoms with van der Waals surface area (Å²) >= 11 is 4.10. The molecule has 0 saturated carbocycles. The van der Waals surface area contributed by atoms with Crippen LogP contribution in [0.1, 0.15) is 271 Å². The Bertz CT molecular complexity index is 451. The topological polar surface area (TPSA) is 0 Å². The molecule has 0 nitrogen and oxygen atoms in total. The Balaban J connectivity index is 4.21. The van der Waals surface area contributed by atoms with Crippen LogP contribution in [0.5, 0.6) is 0 Å². The van der Waals surface area contributed by atoms with E-state index < -0.39 is 0 Å². The molecule has 0 spiro atoms. The van der Waals surface area contributed by atoms with Crippen molar-refractivity contribution in [2.24, 2.45) is 0 Å². The SMILES string of the molecule is CCCCCCCCCCCCCCC(CCCCCCCCCCCCCC)(CCCCCCCCCCCCCC)PBr. The van der Waals surface area contributed by atoms with Crippen molar-refractivity contribution >= 4 is 22.8 Å². The monoisotopic (exact) mass is 715 g/mol. The number of unbranched alkanes of at least 4 members (excludes halogenated alkanes) is 33. The zero-order valence-corrected chi connectivity index (χ0v) is 34.5. The highest BCUT2D eigenvalue weighted by Gasteiger charge is 2.27.